The van der Waals surface area contributed by atoms with Crippen molar-refractivity contribution >= 4 is 5.91 Å². The highest BCUT2D eigenvalue weighted by Gasteiger charge is 2.28. The van der Waals surface area contributed by atoms with Crippen LogP contribution in [0.4, 0.5) is 0 Å². The summed E-state index contributed by atoms with van der Waals surface area (Å²) in [4.78, 5) is 18.6. The molecule has 6 nitrogen and oxygen atoms in total. The quantitative estimate of drug-likeness (QED) is 0.881. The lowest BCUT2D eigenvalue weighted by Crippen LogP contribution is -2.39. The SMILES string of the molecule is Cc1nc(CN(C)C(=O)C2CNCc3ccccc32)n[nH]1. The van der Waals surface area contributed by atoms with Crippen molar-refractivity contribution in [3.63, 3.8) is 0 Å². The third-order valence-electron chi connectivity index (χ3n) is 3.79. The average Bonchev–Trinajstić information content (AvgIpc) is 2.91. The molecular weight excluding hydrogens is 266 g/mol. The van der Waals surface area contributed by atoms with E-state index in [9.17, 15) is 4.79 Å². The maximum absolute atomic E-state index is 12.7. The molecule has 2 aromatic rings. The van der Waals surface area contributed by atoms with Gasteiger partial charge in [-0.15, -0.1) is 0 Å². The molecule has 1 aromatic heterocycles. The molecule has 2 N–H and O–H groups in total. The third-order valence-corrected chi connectivity index (χ3v) is 3.79. The predicted octanol–water partition coefficient (Wildman–Crippen LogP) is 0.959. The van der Waals surface area contributed by atoms with Crippen molar-refractivity contribution in [1.82, 2.24) is 25.4 Å². The molecule has 1 aliphatic heterocycles. The zero-order valence-corrected chi connectivity index (χ0v) is 12.3. The van der Waals surface area contributed by atoms with Gasteiger partial charge < -0.3 is 10.2 Å². The minimum Gasteiger partial charge on any atom is -0.338 e. The molecule has 3 rings (SSSR count). The van der Waals surface area contributed by atoms with E-state index < -0.39 is 0 Å². The molecule has 6 heteroatoms. The Morgan fingerprint density at radius 3 is 3.00 bits per heavy atom. The Hall–Kier alpha value is -2.21. The summed E-state index contributed by atoms with van der Waals surface area (Å²) in [5, 5.41) is 10.2. The van der Waals surface area contributed by atoms with E-state index in [1.807, 2.05) is 25.1 Å². The highest BCUT2D eigenvalue weighted by Crippen LogP contribution is 2.25. The third kappa shape index (κ3) is 2.80. The van der Waals surface area contributed by atoms with E-state index in [4.69, 9.17) is 0 Å². The number of carbonyl (C=O) groups is 1. The lowest BCUT2D eigenvalue weighted by Gasteiger charge is -2.28. The van der Waals surface area contributed by atoms with Crippen LogP contribution < -0.4 is 5.32 Å². The second-order valence-electron chi connectivity index (χ2n) is 5.41. The highest BCUT2D eigenvalue weighted by atomic mass is 16.2. The first-order valence-electron chi connectivity index (χ1n) is 7.06. The number of H-pyrrole nitrogens is 1. The summed E-state index contributed by atoms with van der Waals surface area (Å²) in [6, 6.07) is 8.11. The van der Waals surface area contributed by atoms with E-state index in [-0.39, 0.29) is 11.8 Å². The zero-order valence-electron chi connectivity index (χ0n) is 12.3. The van der Waals surface area contributed by atoms with Crippen LogP contribution in [0.3, 0.4) is 0 Å². The number of hydrogen-bond donors (Lipinski definition) is 2. The van der Waals surface area contributed by atoms with Gasteiger partial charge in [-0.3, -0.25) is 9.89 Å². The number of rotatable bonds is 3. The molecule has 1 amide bonds. The number of likely N-dealkylation sites (N-methyl/N-ethyl adjacent to an activating group) is 1. The standard InChI is InChI=1S/C15H19N5O/c1-10-17-14(19-18-10)9-20(2)15(21)13-8-16-7-11-5-3-4-6-12(11)13/h3-6,13,16H,7-9H2,1-2H3,(H,17,18,19). The number of nitrogens with one attached hydrogen (secondary N) is 2. The van der Waals surface area contributed by atoms with Gasteiger partial charge in [0.1, 0.15) is 5.82 Å². The lowest BCUT2D eigenvalue weighted by molar-refractivity contribution is -0.132. The van der Waals surface area contributed by atoms with Crippen LogP contribution in [0.25, 0.3) is 0 Å². The second-order valence-corrected chi connectivity index (χ2v) is 5.41. The molecule has 0 radical (unpaired) electrons. The molecule has 21 heavy (non-hydrogen) atoms. The Labute approximate surface area is 123 Å². The predicted molar refractivity (Wildman–Crippen MR) is 78.5 cm³/mol. The minimum absolute atomic E-state index is 0.0945. The van der Waals surface area contributed by atoms with Gasteiger partial charge in [0, 0.05) is 20.1 Å². The molecule has 2 heterocycles. The Morgan fingerprint density at radius 1 is 1.43 bits per heavy atom. The number of benzene rings is 1. The molecule has 1 aromatic carbocycles. The fourth-order valence-electron chi connectivity index (χ4n) is 2.73. The van der Waals surface area contributed by atoms with Crippen LogP contribution in [0, 0.1) is 6.92 Å². The number of hydrogen-bond acceptors (Lipinski definition) is 4. The Bertz CT molecular complexity index is 651. The highest BCUT2D eigenvalue weighted by molar-refractivity contribution is 5.84. The van der Waals surface area contributed by atoms with Crippen molar-refractivity contribution in [2.24, 2.45) is 0 Å². The van der Waals surface area contributed by atoms with Crippen LogP contribution >= 0.6 is 0 Å². The first kappa shape index (κ1) is 13.8. The average molecular weight is 285 g/mol. The van der Waals surface area contributed by atoms with Crippen LogP contribution in [0.15, 0.2) is 24.3 Å². The van der Waals surface area contributed by atoms with E-state index in [1.54, 1.807) is 11.9 Å². The van der Waals surface area contributed by atoms with Crippen LogP contribution in [0.2, 0.25) is 0 Å². The topological polar surface area (TPSA) is 73.9 Å². The van der Waals surface area contributed by atoms with Crippen molar-refractivity contribution in [2.45, 2.75) is 25.9 Å². The molecule has 0 bridgehead atoms. The molecule has 0 saturated carbocycles. The smallest absolute Gasteiger partial charge is 0.231 e. The van der Waals surface area contributed by atoms with E-state index in [2.05, 4.69) is 26.6 Å². The molecule has 0 aliphatic carbocycles. The molecule has 1 atom stereocenters. The largest absolute Gasteiger partial charge is 0.338 e. The maximum Gasteiger partial charge on any atom is 0.231 e. The second kappa shape index (κ2) is 5.65. The number of amides is 1. The fraction of sp³-hybridized carbons (Fsp3) is 0.400. The summed E-state index contributed by atoms with van der Waals surface area (Å²) in [5.74, 6) is 1.35. The van der Waals surface area contributed by atoms with Gasteiger partial charge in [0.15, 0.2) is 5.82 Å². The fourth-order valence-corrected chi connectivity index (χ4v) is 2.73. The molecule has 110 valence electrons. The van der Waals surface area contributed by atoms with Crippen molar-refractivity contribution in [2.75, 3.05) is 13.6 Å². The summed E-state index contributed by atoms with van der Waals surface area (Å²) >= 11 is 0. The van der Waals surface area contributed by atoms with Crippen LogP contribution in [0.5, 0.6) is 0 Å². The Balaban J connectivity index is 1.76. The molecule has 1 aliphatic rings. The minimum atomic E-state index is -0.139. The Kier molecular flexibility index (Phi) is 3.70. The van der Waals surface area contributed by atoms with Gasteiger partial charge in [0.2, 0.25) is 5.91 Å². The van der Waals surface area contributed by atoms with Gasteiger partial charge >= 0.3 is 0 Å². The zero-order chi connectivity index (χ0) is 14.8. The normalized spacial score (nSPS) is 17.3. The van der Waals surface area contributed by atoms with Crippen molar-refractivity contribution in [3.05, 3.63) is 47.0 Å². The first-order chi connectivity index (χ1) is 10.1. The van der Waals surface area contributed by atoms with Gasteiger partial charge in [-0.2, -0.15) is 5.10 Å². The Morgan fingerprint density at radius 2 is 2.24 bits per heavy atom. The van der Waals surface area contributed by atoms with Crippen LogP contribution in [0.1, 0.15) is 28.7 Å². The van der Waals surface area contributed by atoms with Crippen molar-refractivity contribution in [3.8, 4) is 0 Å². The molecule has 0 saturated heterocycles. The molecular formula is C15H19N5O. The summed E-state index contributed by atoms with van der Waals surface area (Å²) in [5.41, 5.74) is 2.32. The van der Waals surface area contributed by atoms with E-state index >= 15 is 0 Å². The first-order valence-corrected chi connectivity index (χ1v) is 7.06. The maximum atomic E-state index is 12.7. The summed E-state index contributed by atoms with van der Waals surface area (Å²) in [6.45, 7) is 3.76. The summed E-state index contributed by atoms with van der Waals surface area (Å²) in [7, 11) is 1.80. The number of carbonyl (C=O) groups excluding carboxylic acids is 1. The number of nitrogens with zero attached hydrogens (tertiary/aromatic N) is 3. The molecule has 1 unspecified atom stereocenters. The number of aryl methyl sites for hydroxylation is 1. The van der Waals surface area contributed by atoms with Gasteiger partial charge in [-0.05, 0) is 18.1 Å². The van der Waals surface area contributed by atoms with Gasteiger partial charge in [0.25, 0.3) is 0 Å². The van der Waals surface area contributed by atoms with Crippen LogP contribution in [-0.2, 0) is 17.9 Å². The number of fused-ring (bicyclic) bond motifs is 1. The van der Waals surface area contributed by atoms with Gasteiger partial charge in [0.05, 0.1) is 12.5 Å². The number of aromatic nitrogens is 3. The molecule has 0 fully saturated rings. The summed E-state index contributed by atoms with van der Waals surface area (Å²) < 4.78 is 0. The lowest BCUT2D eigenvalue weighted by atomic mass is 9.90. The van der Waals surface area contributed by atoms with E-state index in [0.717, 1.165) is 17.9 Å². The summed E-state index contributed by atoms with van der Waals surface area (Å²) in [6.07, 6.45) is 0. The van der Waals surface area contributed by atoms with Gasteiger partial charge in [-0.25, -0.2) is 4.98 Å². The van der Waals surface area contributed by atoms with Gasteiger partial charge in [-0.1, -0.05) is 24.3 Å². The molecule has 0 spiro atoms. The van der Waals surface area contributed by atoms with Crippen molar-refractivity contribution in [1.29, 1.82) is 0 Å². The van der Waals surface area contributed by atoms with E-state index in [0.29, 0.717) is 18.9 Å². The van der Waals surface area contributed by atoms with Crippen molar-refractivity contribution < 1.29 is 4.79 Å². The number of aromatic amines is 1. The monoisotopic (exact) mass is 285 g/mol. The van der Waals surface area contributed by atoms with E-state index in [1.165, 1.54) is 5.56 Å². The van der Waals surface area contributed by atoms with Crippen LogP contribution in [-0.4, -0.2) is 39.6 Å².